The molecule has 0 aliphatic carbocycles. The van der Waals surface area contributed by atoms with Gasteiger partial charge in [0.1, 0.15) is 11.8 Å². The van der Waals surface area contributed by atoms with E-state index in [4.69, 9.17) is 9.47 Å². The van der Waals surface area contributed by atoms with E-state index >= 15 is 0 Å². The number of imidazole rings is 1. The normalized spacial score (nSPS) is 15.3. The molecule has 8 nitrogen and oxygen atoms in total. The van der Waals surface area contributed by atoms with Crippen molar-refractivity contribution in [3.05, 3.63) is 77.4 Å². The maximum atomic E-state index is 13.3. The molecule has 0 saturated heterocycles. The fraction of sp³-hybridized carbons (Fsp3) is 0.227. The highest BCUT2D eigenvalue weighted by Gasteiger charge is 2.36. The van der Waals surface area contributed by atoms with Crippen molar-refractivity contribution in [1.82, 2.24) is 14.9 Å². The number of amides is 2. The number of H-pyrrole nitrogens is 1. The van der Waals surface area contributed by atoms with Crippen molar-refractivity contribution in [3.8, 4) is 5.75 Å². The molecule has 1 aromatic heterocycles. The molecule has 1 aliphatic heterocycles. The van der Waals surface area contributed by atoms with Crippen LogP contribution in [0.15, 0.2) is 54.9 Å². The molecule has 4 rings (SSSR count). The highest BCUT2D eigenvalue weighted by Crippen LogP contribution is 2.38. The molecule has 2 heterocycles. The number of ether oxygens (including phenoxy) is 2. The first-order chi connectivity index (χ1) is 14.6. The number of nitrogens with one attached hydrogen (secondary N) is 2. The minimum Gasteiger partial charge on any atom is -0.496 e. The van der Waals surface area contributed by atoms with Crippen molar-refractivity contribution in [1.29, 1.82) is 0 Å². The average molecular weight is 406 g/mol. The van der Waals surface area contributed by atoms with Crippen LogP contribution in [0.25, 0.3) is 0 Å². The highest BCUT2D eigenvalue weighted by molar-refractivity contribution is 6.01. The van der Waals surface area contributed by atoms with Gasteiger partial charge in [-0.05, 0) is 18.2 Å². The van der Waals surface area contributed by atoms with Gasteiger partial charge in [-0.3, -0.25) is 0 Å². The van der Waals surface area contributed by atoms with Gasteiger partial charge in [0.2, 0.25) is 0 Å². The SMILES string of the molecule is COC(=O)c1ccccc1NC(=O)N1CCc2[nH]cnc2[C@H]1c1ccccc1OC. The molecule has 8 heteroatoms. The van der Waals surface area contributed by atoms with Crippen LogP contribution < -0.4 is 10.1 Å². The predicted molar refractivity (Wildman–Crippen MR) is 111 cm³/mol. The smallest absolute Gasteiger partial charge is 0.339 e. The topological polar surface area (TPSA) is 96.6 Å². The molecule has 2 aromatic carbocycles. The minimum atomic E-state index is -0.514. The van der Waals surface area contributed by atoms with Crippen LogP contribution in [-0.2, 0) is 11.2 Å². The van der Waals surface area contributed by atoms with Crippen LogP contribution in [0.2, 0.25) is 0 Å². The number of anilines is 1. The lowest BCUT2D eigenvalue weighted by atomic mass is 9.95. The van der Waals surface area contributed by atoms with E-state index in [1.807, 2.05) is 24.3 Å². The Kier molecular flexibility index (Phi) is 5.38. The number of esters is 1. The number of aromatic nitrogens is 2. The lowest BCUT2D eigenvalue weighted by molar-refractivity contribution is 0.0602. The summed E-state index contributed by atoms with van der Waals surface area (Å²) in [5.41, 5.74) is 3.29. The van der Waals surface area contributed by atoms with E-state index in [0.29, 0.717) is 30.0 Å². The number of carbonyl (C=O) groups excluding carboxylic acids is 2. The fourth-order valence-electron chi connectivity index (χ4n) is 3.77. The van der Waals surface area contributed by atoms with Gasteiger partial charge in [-0.1, -0.05) is 30.3 Å². The molecule has 0 bridgehead atoms. The fourth-order valence-corrected chi connectivity index (χ4v) is 3.77. The Bertz CT molecular complexity index is 1080. The van der Waals surface area contributed by atoms with Crippen LogP contribution in [0.1, 0.15) is 33.4 Å². The zero-order valence-electron chi connectivity index (χ0n) is 16.7. The summed E-state index contributed by atoms with van der Waals surface area (Å²) in [6, 6.07) is 13.6. The van der Waals surface area contributed by atoms with Crippen molar-refractivity contribution in [3.63, 3.8) is 0 Å². The van der Waals surface area contributed by atoms with Crippen LogP contribution in [0.4, 0.5) is 10.5 Å². The van der Waals surface area contributed by atoms with Crippen LogP contribution in [0, 0.1) is 0 Å². The average Bonchev–Trinajstić information content (AvgIpc) is 3.27. The van der Waals surface area contributed by atoms with Crippen molar-refractivity contribution >= 4 is 17.7 Å². The highest BCUT2D eigenvalue weighted by atomic mass is 16.5. The van der Waals surface area contributed by atoms with Gasteiger partial charge in [0, 0.05) is 24.2 Å². The number of benzene rings is 2. The van der Waals surface area contributed by atoms with Crippen molar-refractivity contribution in [2.24, 2.45) is 0 Å². The largest absolute Gasteiger partial charge is 0.496 e. The second-order valence-corrected chi connectivity index (χ2v) is 6.82. The molecule has 30 heavy (non-hydrogen) atoms. The summed E-state index contributed by atoms with van der Waals surface area (Å²) < 4.78 is 10.4. The molecule has 3 aromatic rings. The summed E-state index contributed by atoms with van der Waals surface area (Å²) in [6.07, 6.45) is 2.29. The molecule has 1 atom stereocenters. The maximum absolute atomic E-state index is 13.3. The van der Waals surface area contributed by atoms with Crippen LogP contribution in [0.3, 0.4) is 0 Å². The third-order valence-corrected chi connectivity index (χ3v) is 5.19. The molecule has 0 saturated carbocycles. The number of hydrogen-bond acceptors (Lipinski definition) is 5. The molecular weight excluding hydrogens is 384 g/mol. The number of para-hydroxylation sites is 2. The van der Waals surface area contributed by atoms with Crippen LogP contribution in [-0.4, -0.2) is 47.6 Å². The first-order valence-corrected chi connectivity index (χ1v) is 9.54. The molecule has 2 N–H and O–H groups in total. The minimum absolute atomic E-state index is 0.291. The second-order valence-electron chi connectivity index (χ2n) is 6.82. The Morgan fingerprint density at radius 2 is 1.90 bits per heavy atom. The van der Waals surface area contributed by atoms with Gasteiger partial charge in [0.15, 0.2) is 0 Å². The quantitative estimate of drug-likeness (QED) is 0.648. The molecule has 0 fully saturated rings. The van der Waals surface area contributed by atoms with E-state index in [-0.39, 0.29) is 6.03 Å². The Hall–Kier alpha value is -3.81. The number of aromatic amines is 1. The first kappa shape index (κ1) is 19.5. The lowest BCUT2D eigenvalue weighted by Crippen LogP contribution is -2.43. The molecular formula is C22H22N4O4. The summed E-state index contributed by atoms with van der Waals surface area (Å²) >= 11 is 0. The Morgan fingerprint density at radius 3 is 2.70 bits per heavy atom. The number of rotatable bonds is 4. The van der Waals surface area contributed by atoms with Crippen molar-refractivity contribution in [2.75, 3.05) is 26.1 Å². The van der Waals surface area contributed by atoms with Gasteiger partial charge in [-0.15, -0.1) is 0 Å². The van der Waals surface area contributed by atoms with E-state index in [1.54, 1.807) is 42.6 Å². The third-order valence-electron chi connectivity index (χ3n) is 5.19. The van der Waals surface area contributed by atoms with E-state index in [1.165, 1.54) is 7.11 Å². The summed E-state index contributed by atoms with van der Waals surface area (Å²) in [5.74, 6) is 0.159. The van der Waals surface area contributed by atoms with Gasteiger partial charge in [-0.2, -0.15) is 0 Å². The lowest BCUT2D eigenvalue weighted by Gasteiger charge is -2.35. The van der Waals surface area contributed by atoms with Gasteiger partial charge in [0.05, 0.1) is 37.5 Å². The number of hydrogen-bond donors (Lipinski definition) is 2. The van der Waals surface area contributed by atoms with E-state index < -0.39 is 12.0 Å². The molecule has 0 spiro atoms. The summed E-state index contributed by atoms with van der Waals surface area (Å²) in [6.45, 7) is 0.476. The number of fused-ring (bicyclic) bond motifs is 1. The summed E-state index contributed by atoms with van der Waals surface area (Å²) in [4.78, 5) is 34.8. The second kappa shape index (κ2) is 8.28. The molecule has 2 amide bonds. The number of carbonyl (C=O) groups is 2. The van der Waals surface area contributed by atoms with Gasteiger partial charge < -0.3 is 24.7 Å². The van der Waals surface area contributed by atoms with E-state index in [0.717, 1.165) is 17.0 Å². The predicted octanol–water partition coefficient (Wildman–Crippen LogP) is 3.38. The molecule has 0 unspecified atom stereocenters. The Balaban J connectivity index is 1.71. The van der Waals surface area contributed by atoms with E-state index in [2.05, 4.69) is 15.3 Å². The third kappa shape index (κ3) is 3.47. The van der Waals surface area contributed by atoms with Crippen LogP contribution in [0.5, 0.6) is 5.75 Å². The Morgan fingerprint density at radius 1 is 1.13 bits per heavy atom. The molecule has 154 valence electrons. The standard InChI is InChI=1S/C22H22N4O4/c1-29-18-10-6-4-8-15(18)20-19-17(23-13-24-19)11-12-26(20)22(28)25-16-9-5-3-7-14(16)21(27)30-2/h3-10,13,20H,11-12H2,1-2H3,(H,23,24)(H,25,28)/t20-/m1/s1. The van der Waals surface area contributed by atoms with Gasteiger partial charge >= 0.3 is 12.0 Å². The molecule has 0 radical (unpaired) electrons. The molecule has 1 aliphatic rings. The maximum Gasteiger partial charge on any atom is 0.339 e. The first-order valence-electron chi connectivity index (χ1n) is 9.54. The zero-order valence-corrected chi connectivity index (χ0v) is 16.7. The summed E-state index contributed by atoms with van der Waals surface area (Å²) in [7, 11) is 2.91. The van der Waals surface area contributed by atoms with Crippen LogP contribution >= 0.6 is 0 Å². The monoisotopic (exact) mass is 406 g/mol. The summed E-state index contributed by atoms with van der Waals surface area (Å²) in [5, 5.41) is 2.86. The van der Waals surface area contributed by atoms with Crippen molar-refractivity contribution in [2.45, 2.75) is 12.5 Å². The van der Waals surface area contributed by atoms with E-state index in [9.17, 15) is 9.59 Å². The van der Waals surface area contributed by atoms with Gasteiger partial charge in [-0.25, -0.2) is 14.6 Å². The zero-order chi connectivity index (χ0) is 21.1. The number of methoxy groups -OCH3 is 2. The number of nitrogens with zero attached hydrogens (tertiary/aromatic N) is 2. The van der Waals surface area contributed by atoms with Gasteiger partial charge in [0.25, 0.3) is 0 Å². The van der Waals surface area contributed by atoms with Crippen molar-refractivity contribution < 1.29 is 19.1 Å². The number of urea groups is 1. The Labute approximate surface area is 173 Å².